The first kappa shape index (κ1) is 27.0. The summed E-state index contributed by atoms with van der Waals surface area (Å²) in [4.78, 5) is 22.8. The number of sulfonamides is 1. The molecule has 0 spiro atoms. The maximum Gasteiger partial charge on any atom is 0.264 e. The third-order valence-electron chi connectivity index (χ3n) is 6.25. The quantitative estimate of drug-likeness (QED) is 0.384. The lowest BCUT2D eigenvalue weighted by molar-refractivity contribution is 0.331. The number of aromatic nitrogens is 3. The molecule has 2 aromatic carbocycles. The molecule has 1 aliphatic rings. The zero-order chi connectivity index (χ0) is 25.4. The first-order valence-electron chi connectivity index (χ1n) is 11.4. The summed E-state index contributed by atoms with van der Waals surface area (Å²) in [6.45, 7) is 0.817. The maximum atomic E-state index is 13.7. The first-order valence-corrected chi connectivity index (χ1v) is 13.6. The van der Waals surface area contributed by atoms with Crippen molar-refractivity contribution in [2.75, 3.05) is 24.7 Å². The second kappa shape index (κ2) is 10.7. The largest absolute Gasteiger partial charge is 0.351 e. The molecular formula is C25H24Cl2FN5O3S. The molecule has 37 heavy (non-hydrogen) atoms. The molecule has 0 atom stereocenters. The molecule has 0 saturated carbocycles. The Balaban J connectivity index is 0.00000320. The summed E-state index contributed by atoms with van der Waals surface area (Å²) in [5.41, 5.74) is 1.39. The van der Waals surface area contributed by atoms with Crippen LogP contribution in [-0.4, -0.2) is 52.6 Å². The zero-order valence-electron chi connectivity index (χ0n) is 19.8. The van der Waals surface area contributed by atoms with Gasteiger partial charge in [0.15, 0.2) is 5.65 Å². The molecule has 1 aliphatic heterocycles. The van der Waals surface area contributed by atoms with Crippen molar-refractivity contribution in [1.29, 1.82) is 0 Å². The van der Waals surface area contributed by atoms with Crippen LogP contribution in [0.4, 0.5) is 10.3 Å². The highest BCUT2D eigenvalue weighted by molar-refractivity contribution is 7.88. The highest BCUT2D eigenvalue weighted by atomic mass is 35.5. The molecule has 0 amide bonds. The van der Waals surface area contributed by atoms with Gasteiger partial charge < -0.3 is 5.32 Å². The van der Waals surface area contributed by atoms with E-state index in [0.29, 0.717) is 64.7 Å². The molecule has 1 saturated heterocycles. The number of pyridine rings is 1. The Morgan fingerprint density at radius 1 is 1.05 bits per heavy atom. The molecule has 1 fully saturated rings. The van der Waals surface area contributed by atoms with Crippen LogP contribution in [0.5, 0.6) is 0 Å². The second-order valence-corrected chi connectivity index (χ2v) is 11.1. The Kier molecular flexibility index (Phi) is 7.84. The minimum Gasteiger partial charge on any atom is -0.351 e. The molecule has 1 N–H and O–H groups in total. The highest BCUT2D eigenvalue weighted by Gasteiger charge is 2.25. The number of hydrogen-bond donors (Lipinski definition) is 1. The number of piperidine rings is 1. The predicted octanol–water partition coefficient (Wildman–Crippen LogP) is 4.50. The van der Waals surface area contributed by atoms with Crippen molar-refractivity contribution in [2.45, 2.75) is 18.9 Å². The Hall–Kier alpha value is -3.05. The summed E-state index contributed by atoms with van der Waals surface area (Å²) < 4.78 is 40.1. The van der Waals surface area contributed by atoms with Crippen molar-refractivity contribution in [1.82, 2.24) is 18.8 Å². The van der Waals surface area contributed by atoms with Crippen LogP contribution in [0, 0.1) is 5.82 Å². The molecule has 0 bridgehead atoms. The smallest absolute Gasteiger partial charge is 0.264 e. The van der Waals surface area contributed by atoms with Gasteiger partial charge in [0.05, 0.1) is 11.9 Å². The van der Waals surface area contributed by atoms with Crippen LogP contribution in [0.2, 0.25) is 5.02 Å². The maximum absolute atomic E-state index is 13.7. The Morgan fingerprint density at radius 3 is 2.38 bits per heavy atom. The van der Waals surface area contributed by atoms with Gasteiger partial charge in [-0.15, -0.1) is 12.4 Å². The molecule has 4 aromatic rings. The number of anilines is 1. The van der Waals surface area contributed by atoms with Crippen molar-refractivity contribution in [3.63, 3.8) is 0 Å². The lowest BCUT2D eigenvalue weighted by Gasteiger charge is -2.30. The summed E-state index contributed by atoms with van der Waals surface area (Å²) >= 11 is 6.39. The summed E-state index contributed by atoms with van der Waals surface area (Å²) in [7, 11) is -3.23. The van der Waals surface area contributed by atoms with Crippen LogP contribution in [0.3, 0.4) is 0 Å². The van der Waals surface area contributed by atoms with Crippen molar-refractivity contribution in [3.8, 4) is 16.8 Å². The van der Waals surface area contributed by atoms with Gasteiger partial charge in [0.25, 0.3) is 5.56 Å². The number of hydrogen-bond acceptors (Lipinski definition) is 6. The molecular weight excluding hydrogens is 540 g/mol. The molecule has 2 aromatic heterocycles. The van der Waals surface area contributed by atoms with Crippen LogP contribution in [0.25, 0.3) is 27.8 Å². The average molecular weight is 564 g/mol. The molecule has 3 heterocycles. The van der Waals surface area contributed by atoms with Gasteiger partial charge in [0, 0.05) is 46.9 Å². The van der Waals surface area contributed by atoms with Crippen molar-refractivity contribution >= 4 is 51.0 Å². The lowest BCUT2D eigenvalue weighted by Crippen LogP contribution is -2.42. The molecule has 5 rings (SSSR count). The van der Waals surface area contributed by atoms with E-state index in [2.05, 4.69) is 15.3 Å². The SMILES string of the molecule is CS(=O)(=O)N1CCC(Nc2ncc3cc(-c4ccccc4Cl)c(=O)n(-c4ccc(F)cc4)c3n2)CC1.Cl. The molecule has 0 aliphatic carbocycles. The van der Waals surface area contributed by atoms with Gasteiger partial charge >= 0.3 is 0 Å². The van der Waals surface area contributed by atoms with Gasteiger partial charge in [-0.1, -0.05) is 29.8 Å². The van der Waals surface area contributed by atoms with E-state index in [-0.39, 0.29) is 24.0 Å². The molecule has 8 nitrogen and oxygen atoms in total. The number of nitrogens with zero attached hydrogens (tertiary/aromatic N) is 4. The number of rotatable bonds is 5. The van der Waals surface area contributed by atoms with E-state index in [9.17, 15) is 17.6 Å². The van der Waals surface area contributed by atoms with Gasteiger partial charge in [-0.25, -0.2) is 22.1 Å². The number of nitrogens with one attached hydrogen (secondary N) is 1. The van der Waals surface area contributed by atoms with Crippen LogP contribution in [-0.2, 0) is 10.0 Å². The molecule has 0 unspecified atom stereocenters. The third kappa shape index (κ3) is 5.62. The molecule has 194 valence electrons. The van der Waals surface area contributed by atoms with Gasteiger partial charge in [0.1, 0.15) is 5.82 Å². The van der Waals surface area contributed by atoms with Gasteiger partial charge in [-0.2, -0.15) is 4.98 Å². The fourth-order valence-corrected chi connectivity index (χ4v) is 5.49. The van der Waals surface area contributed by atoms with Crippen molar-refractivity contribution in [3.05, 3.63) is 82.0 Å². The summed E-state index contributed by atoms with van der Waals surface area (Å²) in [6, 6.07) is 14.3. The van der Waals surface area contributed by atoms with E-state index >= 15 is 0 Å². The minimum absolute atomic E-state index is 0. The predicted molar refractivity (Wildman–Crippen MR) is 146 cm³/mol. The van der Waals surface area contributed by atoms with E-state index in [0.717, 1.165) is 0 Å². The van der Waals surface area contributed by atoms with E-state index in [1.54, 1.807) is 36.5 Å². The fourth-order valence-electron chi connectivity index (χ4n) is 4.38. The number of halogens is 3. The van der Waals surface area contributed by atoms with Gasteiger partial charge in [0.2, 0.25) is 16.0 Å². The number of fused-ring (bicyclic) bond motifs is 1. The number of benzene rings is 2. The Labute approximate surface area is 224 Å². The molecule has 0 radical (unpaired) electrons. The topological polar surface area (TPSA) is 97.2 Å². The van der Waals surface area contributed by atoms with Crippen molar-refractivity contribution in [2.24, 2.45) is 0 Å². The Bertz CT molecular complexity index is 1610. The van der Waals surface area contributed by atoms with Crippen LogP contribution < -0.4 is 10.9 Å². The fraction of sp³-hybridized carbons (Fsp3) is 0.240. The first-order chi connectivity index (χ1) is 17.2. The normalized spacial score (nSPS) is 14.9. The van der Waals surface area contributed by atoms with Gasteiger partial charge in [-0.05, 0) is 49.2 Å². The van der Waals surface area contributed by atoms with Crippen LogP contribution in [0.15, 0.2) is 65.6 Å². The summed E-state index contributed by atoms with van der Waals surface area (Å²) in [6.07, 6.45) is 4.03. The zero-order valence-corrected chi connectivity index (χ0v) is 22.2. The summed E-state index contributed by atoms with van der Waals surface area (Å²) in [5, 5.41) is 4.30. The highest BCUT2D eigenvalue weighted by Crippen LogP contribution is 2.28. The van der Waals surface area contributed by atoms with E-state index in [4.69, 9.17) is 11.6 Å². The molecule has 12 heteroatoms. The van der Waals surface area contributed by atoms with Crippen LogP contribution in [0.1, 0.15) is 12.8 Å². The summed E-state index contributed by atoms with van der Waals surface area (Å²) in [5.74, 6) is -0.100. The van der Waals surface area contributed by atoms with E-state index in [1.165, 1.54) is 39.4 Å². The average Bonchev–Trinajstić information content (AvgIpc) is 2.85. The standard InChI is InChI=1S/C25H23ClFN5O3S.ClH/c1-36(34,35)31-12-10-18(11-13-31)29-25-28-15-16-14-21(20-4-2-3-5-22(20)26)24(33)32(23(16)30-25)19-8-6-17(27)7-9-19;/h2-9,14-15,18H,10-13H2,1H3,(H,28,29,30);1H. The second-order valence-electron chi connectivity index (χ2n) is 8.71. The van der Waals surface area contributed by atoms with Crippen LogP contribution >= 0.6 is 24.0 Å². The minimum atomic E-state index is -3.23. The van der Waals surface area contributed by atoms with Crippen molar-refractivity contribution < 1.29 is 12.8 Å². The van der Waals surface area contributed by atoms with E-state index in [1.807, 2.05) is 0 Å². The Morgan fingerprint density at radius 2 is 1.73 bits per heavy atom. The lowest BCUT2D eigenvalue weighted by atomic mass is 10.1. The van der Waals surface area contributed by atoms with Gasteiger partial charge in [-0.3, -0.25) is 9.36 Å². The monoisotopic (exact) mass is 563 g/mol. The third-order valence-corrected chi connectivity index (χ3v) is 7.88. The van der Waals surface area contributed by atoms with E-state index < -0.39 is 15.8 Å².